The summed E-state index contributed by atoms with van der Waals surface area (Å²) < 4.78 is 51.4. The van der Waals surface area contributed by atoms with Gasteiger partial charge < -0.3 is 5.73 Å². The SMILES string of the molecule is CC(C)C[C@H](N)c1cc(C(F)(F)F)cc(Cl)c1F.Cl. The number of halogens is 6. The van der Waals surface area contributed by atoms with Crippen LogP contribution in [0.2, 0.25) is 5.02 Å². The summed E-state index contributed by atoms with van der Waals surface area (Å²) >= 11 is 5.48. The predicted octanol–water partition coefficient (Wildman–Crippen LogP) is 4.97. The van der Waals surface area contributed by atoms with Crippen molar-refractivity contribution >= 4 is 24.0 Å². The van der Waals surface area contributed by atoms with E-state index in [-0.39, 0.29) is 23.9 Å². The lowest BCUT2D eigenvalue weighted by Crippen LogP contribution is -2.16. The van der Waals surface area contributed by atoms with Gasteiger partial charge in [-0.2, -0.15) is 13.2 Å². The van der Waals surface area contributed by atoms with Crippen molar-refractivity contribution in [3.63, 3.8) is 0 Å². The van der Waals surface area contributed by atoms with Crippen molar-refractivity contribution in [2.45, 2.75) is 32.5 Å². The van der Waals surface area contributed by atoms with Gasteiger partial charge in [-0.15, -0.1) is 12.4 Å². The maximum atomic E-state index is 13.7. The number of alkyl halides is 3. The summed E-state index contributed by atoms with van der Waals surface area (Å²) in [6, 6.07) is 0.501. The van der Waals surface area contributed by atoms with Gasteiger partial charge in [0.15, 0.2) is 0 Å². The zero-order valence-corrected chi connectivity index (χ0v) is 12.0. The van der Waals surface area contributed by atoms with Crippen LogP contribution in [0, 0.1) is 11.7 Å². The zero-order valence-electron chi connectivity index (χ0n) is 10.4. The average molecular weight is 320 g/mol. The molecule has 0 aliphatic heterocycles. The largest absolute Gasteiger partial charge is 0.416 e. The van der Waals surface area contributed by atoms with Crippen LogP contribution >= 0.6 is 24.0 Å². The van der Waals surface area contributed by atoms with E-state index < -0.39 is 28.6 Å². The molecule has 1 atom stereocenters. The molecule has 0 unspecified atom stereocenters. The van der Waals surface area contributed by atoms with Crippen molar-refractivity contribution in [2.75, 3.05) is 0 Å². The fraction of sp³-hybridized carbons (Fsp3) is 0.500. The van der Waals surface area contributed by atoms with Crippen LogP contribution in [0.25, 0.3) is 0 Å². The Labute approximate surface area is 120 Å². The minimum absolute atomic E-state index is 0. The van der Waals surface area contributed by atoms with Crippen LogP contribution < -0.4 is 5.73 Å². The van der Waals surface area contributed by atoms with E-state index in [4.69, 9.17) is 17.3 Å². The highest BCUT2D eigenvalue weighted by molar-refractivity contribution is 6.30. The Balaban J connectivity index is 0.00000324. The van der Waals surface area contributed by atoms with Gasteiger partial charge in [-0.25, -0.2) is 4.39 Å². The summed E-state index contributed by atoms with van der Waals surface area (Å²) in [5.41, 5.74) is 4.54. The van der Waals surface area contributed by atoms with Gasteiger partial charge >= 0.3 is 6.18 Å². The summed E-state index contributed by atoms with van der Waals surface area (Å²) in [5.74, 6) is -0.731. The van der Waals surface area contributed by atoms with Crippen molar-refractivity contribution < 1.29 is 17.6 Å². The van der Waals surface area contributed by atoms with E-state index in [1.807, 2.05) is 13.8 Å². The molecule has 7 heteroatoms. The second-order valence-electron chi connectivity index (χ2n) is 4.60. The normalized spacial score (nSPS) is 13.3. The zero-order chi connectivity index (χ0) is 14.1. The Kier molecular flexibility index (Phi) is 6.59. The van der Waals surface area contributed by atoms with Gasteiger partial charge in [-0.05, 0) is 24.5 Å². The average Bonchev–Trinajstić information content (AvgIpc) is 2.18. The molecule has 1 rings (SSSR count). The summed E-state index contributed by atoms with van der Waals surface area (Å²) in [6.07, 6.45) is -4.18. The summed E-state index contributed by atoms with van der Waals surface area (Å²) in [4.78, 5) is 0. The van der Waals surface area contributed by atoms with Crippen molar-refractivity contribution in [3.05, 3.63) is 34.1 Å². The Bertz CT molecular complexity index is 432. The Morgan fingerprint density at radius 2 is 1.79 bits per heavy atom. The first-order chi connectivity index (χ1) is 8.12. The van der Waals surface area contributed by atoms with Gasteiger partial charge in [0.1, 0.15) is 5.82 Å². The number of rotatable bonds is 3. The molecule has 0 heterocycles. The molecule has 110 valence electrons. The number of benzene rings is 1. The van der Waals surface area contributed by atoms with Crippen LogP contribution in [0.5, 0.6) is 0 Å². The molecular formula is C12H15Cl2F4N. The molecule has 0 aromatic heterocycles. The molecule has 0 spiro atoms. The first kappa shape index (κ1) is 18.5. The second-order valence-corrected chi connectivity index (χ2v) is 5.00. The number of hydrogen-bond acceptors (Lipinski definition) is 1. The molecular weight excluding hydrogens is 305 g/mol. The standard InChI is InChI=1S/C12H14ClF4N.ClH/c1-6(2)3-10(18)8-4-7(12(15,16)17)5-9(13)11(8)14;/h4-6,10H,3,18H2,1-2H3;1H/t10-;/m0./s1. The molecule has 0 radical (unpaired) electrons. The number of hydrogen-bond donors (Lipinski definition) is 1. The summed E-state index contributed by atoms with van der Waals surface area (Å²) in [5, 5.41) is -0.556. The third-order valence-electron chi connectivity index (χ3n) is 2.51. The molecule has 0 bridgehead atoms. The van der Waals surface area contributed by atoms with Crippen LogP contribution in [0.4, 0.5) is 17.6 Å². The topological polar surface area (TPSA) is 26.0 Å². The molecule has 19 heavy (non-hydrogen) atoms. The van der Waals surface area contributed by atoms with Gasteiger partial charge in [0.25, 0.3) is 0 Å². The fourth-order valence-corrected chi connectivity index (χ4v) is 1.91. The van der Waals surface area contributed by atoms with Crippen LogP contribution in [-0.2, 0) is 6.18 Å². The lowest BCUT2D eigenvalue weighted by molar-refractivity contribution is -0.137. The fourth-order valence-electron chi connectivity index (χ4n) is 1.68. The molecule has 1 aromatic carbocycles. The van der Waals surface area contributed by atoms with Gasteiger partial charge in [-0.3, -0.25) is 0 Å². The molecule has 0 aliphatic carbocycles. The van der Waals surface area contributed by atoms with Crippen LogP contribution in [0.3, 0.4) is 0 Å². The minimum Gasteiger partial charge on any atom is -0.324 e. The Hall–Kier alpha value is -0.520. The third-order valence-corrected chi connectivity index (χ3v) is 2.78. The van der Waals surface area contributed by atoms with Crippen molar-refractivity contribution in [2.24, 2.45) is 11.7 Å². The smallest absolute Gasteiger partial charge is 0.324 e. The molecule has 0 amide bonds. The van der Waals surface area contributed by atoms with E-state index in [0.717, 1.165) is 6.07 Å². The Morgan fingerprint density at radius 1 is 1.26 bits per heavy atom. The van der Waals surface area contributed by atoms with Crippen LogP contribution in [0.15, 0.2) is 12.1 Å². The maximum Gasteiger partial charge on any atom is 0.416 e. The lowest BCUT2D eigenvalue weighted by Gasteiger charge is -2.18. The molecule has 0 saturated carbocycles. The summed E-state index contributed by atoms with van der Waals surface area (Å²) in [7, 11) is 0. The van der Waals surface area contributed by atoms with Gasteiger partial charge in [0, 0.05) is 11.6 Å². The van der Waals surface area contributed by atoms with E-state index in [1.165, 1.54) is 0 Å². The predicted molar refractivity (Wildman–Crippen MR) is 70.0 cm³/mol. The highest BCUT2D eigenvalue weighted by atomic mass is 35.5. The van der Waals surface area contributed by atoms with E-state index in [2.05, 4.69) is 0 Å². The first-order valence-corrected chi connectivity index (χ1v) is 5.82. The number of nitrogens with two attached hydrogens (primary N) is 1. The van der Waals surface area contributed by atoms with E-state index >= 15 is 0 Å². The molecule has 1 aromatic rings. The highest BCUT2D eigenvalue weighted by Crippen LogP contribution is 2.35. The van der Waals surface area contributed by atoms with E-state index in [0.29, 0.717) is 12.5 Å². The Morgan fingerprint density at radius 3 is 2.21 bits per heavy atom. The monoisotopic (exact) mass is 319 g/mol. The van der Waals surface area contributed by atoms with Gasteiger partial charge in [0.2, 0.25) is 0 Å². The molecule has 0 aliphatic rings. The first-order valence-electron chi connectivity index (χ1n) is 5.44. The second kappa shape index (κ2) is 6.77. The maximum absolute atomic E-state index is 13.7. The van der Waals surface area contributed by atoms with Crippen molar-refractivity contribution in [1.29, 1.82) is 0 Å². The quantitative estimate of drug-likeness (QED) is 0.782. The highest BCUT2D eigenvalue weighted by Gasteiger charge is 2.33. The molecule has 0 fully saturated rings. The molecule has 2 N–H and O–H groups in total. The molecule has 1 nitrogen and oxygen atoms in total. The summed E-state index contributed by atoms with van der Waals surface area (Å²) in [6.45, 7) is 3.71. The van der Waals surface area contributed by atoms with Crippen molar-refractivity contribution in [3.8, 4) is 0 Å². The third kappa shape index (κ3) is 4.82. The van der Waals surface area contributed by atoms with Crippen molar-refractivity contribution in [1.82, 2.24) is 0 Å². The van der Waals surface area contributed by atoms with Crippen LogP contribution in [-0.4, -0.2) is 0 Å². The molecule has 0 saturated heterocycles. The van der Waals surface area contributed by atoms with E-state index in [1.54, 1.807) is 0 Å². The van der Waals surface area contributed by atoms with Gasteiger partial charge in [-0.1, -0.05) is 25.4 Å². The van der Waals surface area contributed by atoms with Gasteiger partial charge in [0.05, 0.1) is 10.6 Å². The minimum atomic E-state index is -4.57. The van der Waals surface area contributed by atoms with E-state index in [9.17, 15) is 17.6 Å². The van der Waals surface area contributed by atoms with Crippen LogP contribution in [0.1, 0.15) is 37.4 Å². The lowest BCUT2D eigenvalue weighted by atomic mass is 9.96.